The van der Waals surface area contributed by atoms with E-state index in [1.807, 2.05) is 4.90 Å². The van der Waals surface area contributed by atoms with Gasteiger partial charge in [0.2, 0.25) is 0 Å². The van der Waals surface area contributed by atoms with Crippen LogP contribution in [-0.4, -0.2) is 34.1 Å². The Morgan fingerprint density at radius 2 is 2.10 bits per heavy atom. The first kappa shape index (κ1) is 14.9. The average molecular weight is 296 g/mol. The quantitative estimate of drug-likeness (QED) is 0.831. The van der Waals surface area contributed by atoms with Crippen molar-refractivity contribution in [1.29, 1.82) is 0 Å². The average Bonchev–Trinajstić information content (AvgIpc) is 2.41. The number of aliphatic carboxylic acids is 1. The molecule has 108 valence electrons. The highest BCUT2D eigenvalue weighted by molar-refractivity contribution is 7.80. The first-order valence-corrected chi connectivity index (χ1v) is 6.91. The zero-order valence-corrected chi connectivity index (χ0v) is 11.8. The third-order valence-corrected chi connectivity index (χ3v) is 3.85. The van der Waals surface area contributed by atoms with Crippen molar-refractivity contribution in [3.63, 3.8) is 0 Å². The van der Waals surface area contributed by atoms with E-state index in [-0.39, 0.29) is 16.8 Å². The molecule has 0 aromatic heterocycles. The molecule has 1 aromatic rings. The molecule has 1 heterocycles. The van der Waals surface area contributed by atoms with Crippen molar-refractivity contribution in [2.24, 2.45) is 11.7 Å². The van der Waals surface area contributed by atoms with E-state index >= 15 is 0 Å². The molecule has 4 nitrogen and oxygen atoms in total. The molecule has 0 radical (unpaired) electrons. The molecule has 2 unspecified atom stereocenters. The van der Waals surface area contributed by atoms with Gasteiger partial charge in [-0.2, -0.15) is 0 Å². The predicted molar refractivity (Wildman–Crippen MR) is 77.9 cm³/mol. The maximum Gasteiger partial charge on any atom is 0.307 e. The fourth-order valence-corrected chi connectivity index (χ4v) is 2.93. The summed E-state index contributed by atoms with van der Waals surface area (Å²) in [7, 11) is 0. The van der Waals surface area contributed by atoms with Crippen LogP contribution in [0.3, 0.4) is 0 Å². The van der Waals surface area contributed by atoms with E-state index in [0.717, 1.165) is 18.5 Å². The summed E-state index contributed by atoms with van der Waals surface area (Å²) in [6.45, 7) is 1.15. The van der Waals surface area contributed by atoms with Crippen LogP contribution in [-0.2, 0) is 4.79 Å². The summed E-state index contributed by atoms with van der Waals surface area (Å²) < 4.78 is 13.0. The van der Waals surface area contributed by atoms with Gasteiger partial charge in [-0.25, -0.2) is 4.39 Å². The molecular weight excluding hydrogens is 279 g/mol. The number of carbonyl (C=O) groups is 1. The van der Waals surface area contributed by atoms with Crippen LogP contribution in [0.1, 0.15) is 24.4 Å². The highest BCUT2D eigenvalue weighted by Gasteiger charge is 2.31. The van der Waals surface area contributed by atoms with Crippen LogP contribution >= 0.6 is 12.2 Å². The molecule has 0 amide bonds. The van der Waals surface area contributed by atoms with Crippen LogP contribution in [0, 0.1) is 11.7 Å². The van der Waals surface area contributed by atoms with Gasteiger partial charge in [0.05, 0.1) is 16.9 Å². The number of benzene rings is 1. The van der Waals surface area contributed by atoms with Gasteiger partial charge in [-0.3, -0.25) is 9.69 Å². The second-order valence-electron chi connectivity index (χ2n) is 5.03. The summed E-state index contributed by atoms with van der Waals surface area (Å²) >= 11 is 5.11. The molecule has 0 spiro atoms. The summed E-state index contributed by atoms with van der Waals surface area (Å²) in [5.74, 6) is -1.52. The Morgan fingerprint density at radius 1 is 1.45 bits per heavy atom. The van der Waals surface area contributed by atoms with Crippen molar-refractivity contribution < 1.29 is 14.3 Å². The Bertz CT molecular complexity index is 506. The van der Waals surface area contributed by atoms with Crippen LogP contribution in [0.25, 0.3) is 0 Å². The number of carboxylic acids is 1. The number of halogens is 1. The summed E-state index contributed by atoms with van der Waals surface area (Å²) in [6.07, 6.45) is 1.45. The molecule has 1 fully saturated rings. The van der Waals surface area contributed by atoms with Crippen LogP contribution < -0.4 is 5.73 Å². The topological polar surface area (TPSA) is 66.6 Å². The minimum atomic E-state index is -0.796. The molecular formula is C14H17FN2O2S. The fraction of sp³-hybridized carbons (Fsp3) is 0.429. The van der Waals surface area contributed by atoms with E-state index in [1.165, 1.54) is 12.1 Å². The van der Waals surface area contributed by atoms with Crippen molar-refractivity contribution in [2.45, 2.75) is 18.9 Å². The highest BCUT2D eigenvalue weighted by atomic mass is 32.1. The molecule has 0 bridgehead atoms. The molecule has 1 saturated heterocycles. The second kappa shape index (κ2) is 6.28. The zero-order chi connectivity index (χ0) is 14.7. The van der Waals surface area contributed by atoms with Gasteiger partial charge in [0.1, 0.15) is 5.82 Å². The number of carboxylic acid groups (broad SMARTS) is 1. The summed E-state index contributed by atoms with van der Waals surface area (Å²) in [6, 6.07) is 5.67. The fourth-order valence-electron chi connectivity index (χ4n) is 2.64. The number of nitrogens with zero attached hydrogens (tertiary/aromatic N) is 1. The van der Waals surface area contributed by atoms with Gasteiger partial charge in [0, 0.05) is 6.54 Å². The van der Waals surface area contributed by atoms with Gasteiger partial charge in [-0.1, -0.05) is 24.4 Å². The number of hydrogen-bond donors (Lipinski definition) is 2. The van der Waals surface area contributed by atoms with Crippen molar-refractivity contribution in [2.75, 3.05) is 13.1 Å². The molecule has 0 saturated carbocycles. The Labute approximate surface area is 122 Å². The van der Waals surface area contributed by atoms with E-state index in [2.05, 4.69) is 0 Å². The van der Waals surface area contributed by atoms with Gasteiger partial charge >= 0.3 is 5.97 Å². The summed E-state index contributed by atoms with van der Waals surface area (Å²) in [5, 5.41) is 9.14. The second-order valence-corrected chi connectivity index (χ2v) is 5.50. The highest BCUT2D eigenvalue weighted by Crippen LogP contribution is 2.27. The Morgan fingerprint density at radius 3 is 2.65 bits per heavy atom. The maximum atomic E-state index is 13.0. The van der Waals surface area contributed by atoms with Crippen LogP contribution in [0.5, 0.6) is 0 Å². The predicted octanol–water partition coefficient (Wildman–Crippen LogP) is 1.95. The molecule has 1 aliphatic heterocycles. The van der Waals surface area contributed by atoms with E-state index < -0.39 is 11.9 Å². The molecule has 2 rings (SSSR count). The van der Waals surface area contributed by atoms with Gasteiger partial charge in [-0.05, 0) is 37.1 Å². The molecule has 2 atom stereocenters. The van der Waals surface area contributed by atoms with Crippen molar-refractivity contribution in [3.05, 3.63) is 35.6 Å². The van der Waals surface area contributed by atoms with Crippen LogP contribution in [0.2, 0.25) is 0 Å². The zero-order valence-electron chi connectivity index (χ0n) is 11.0. The summed E-state index contributed by atoms with van der Waals surface area (Å²) in [5.41, 5.74) is 6.60. The van der Waals surface area contributed by atoms with Crippen molar-refractivity contribution in [1.82, 2.24) is 4.90 Å². The number of rotatable bonds is 4. The van der Waals surface area contributed by atoms with Gasteiger partial charge in [-0.15, -0.1) is 0 Å². The molecule has 1 aliphatic rings. The summed E-state index contributed by atoms with van der Waals surface area (Å²) in [4.78, 5) is 13.4. The first-order chi connectivity index (χ1) is 9.49. The molecule has 0 aliphatic carbocycles. The maximum absolute atomic E-state index is 13.0. The molecule has 3 N–H and O–H groups in total. The SMILES string of the molecule is NC(=S)C(c1ccc(F)cc1)N1CCCC(C(=O)O)C1. The van der Waals surface area contributed by atoms with Crippen LogP contribution in [0.15, 0.2) is 24.3 Å². The Kier molecular flexibility index (Phi) is 4.67. The van der Waals surface area contributed by atoms with Crippen molar-refractivity contribution in [3.8, 4) is 0 Å². The smallest absolute Gasteiger partial charge is 0.307 e. The van der Waals surface area contributed by atoms with Crippen LogP contribution in [0.4, 0.5) is 4.39 Å². The van der Waals surface area contributed by atoms with Gasteiger partial charge in [0.15, 0.2) is 0 Å². The lowest BCUT2D eigenvalue weighted by molar-refractivity contribution is -0.143. The van der Waals surface area contributed by atoms with Gasteiger partial charge in [0.25, 0.3) is 0 Å². The van der Waals surface area contributed by atoms with Gasteiger partial charge < -0.3 is 10.8 Å². The number of thiocarbonyl (C=S) groups is 1. The first-order valence-electron chi connectivity index (χ1n) is 6.50. The van der Waals surface area contributed by atoms with E-state index in [4.69, 9.17) is 23.1 Å². The number of hydrogen-bond acceptors (Lipinski definition) is 3. The number of likely N-dealkylation sites (tertiary alicyclic amines) is 1. The Hall–Kier alpha value is -1.53. The minimum absolute atomic E-state index is 0.280. The normalized spacial score (nSPS) is 21.4. The minimum Gasteiger partial charge on any atom is -0.481 e. The third-order valence-electron chi connectivity index (χ3n) is 3.62. The lowest BCUT2D eigenvalue weighted by Crippen LogP contribution is -2.44. The van der Waals surface area contributed by atoms with Crippen molar-refractivity contribution >= 4 is 23.2 Å². The molecule has 6 heteroatoms. The lowest BCUT2D eigenvalue weighted by Gasteiger charge is -2.36. The Balaban J connectivity index is 2.22. The monoisotopic (exact) mass is 296 g/mol. The third kappa shape index (κ3) is 3.32. The number of piperidine rings is 1. The lowest BCUT2D eigenvalue weighted by atomic mass is 9.95. The molecule has 20 heavy (non-hydrogen) atoms. The largest absolute Gasteiger partial charge is 0.481 e. The van der Waals surface area contributed by atoms with E-state index in [0.29, 0.717) is 13.0 Å². The number of nitrogens with two attached hydrogens (primary N) is 1. The molecule has 1 aromatic carbocycles. The van der Waals surface area contributed by atoms with E-state index in [1.54, 1.807) is 12.1 Å². The standard InChI is InChI=1S/C14H17FN2O2S/c15-11-5-3-9(4-6-11)12(13(16)20)17-7-1-2-10(8-17)14(18)19/h3-6,10,12H,1-2,7-8H2,(H2,16,20)(H,18,19). The van der Waals surface area contributed by atoms with E-state index in [9.17, 15) is 9.18 Å².